The maximum Gasteiger partial charge on any atom is 0.335 e. The highest BCUT2D eigenvalue weighted by Crippen LogP contribution is 2.31. The Balaban J connectivity index is 1.59. The van der Waals surface area contributed by atoms with Gasteiger partial charge in [-0.15, -0.1) is 0 Å². The van der Waals surface area contributed by atoms with Crippen molar-refractivity contribution >= 4 is 26.9 Å². The molecule has 0 atom stereocenters. The van der Waals surface area contributed by atoms with Gasteiger partial charge in [0.2, 0.25) is 10.0 Å². The van der Waals surface area contributed by atoms with E-state index in [0.717, 1.165) is 33.4 Å². The molecule has 2 heterocycles. The van der Waals surface area contributed by atoms with Gasteiger partial charge in [-0.1, -0.05) is 30.3 Å². The van der Waals surface area contributed by atoms with Crippen LogP contribution in [-0.4, -0.2) is 52.0 Å². The summed E-state index contributed by atoms with van der Waals surface area (Å²) in [6.07, 6.45) is 5.33. The Morgan fingerprint density at radius 3 is 2.31 bits per heavy atom. The molecule has 0 bridgehead atoms. The van der Waals surface area contributed by atoms with E-state index < -0.39 is 16.0 Å². The number of hydrogen-bond donors (Lipinski definition) is 1. The van der Waals surface area contributed by atoms with E-state index in [1.807, 2.05) is 47.2 Å². The summed E-state index contributed by atoms with van der Waals surface area (Å²) < 4.78 is 30.1. The number of aromatic nitrogens is 3. The number of carboxylic acid groups (broad SMARTS) is 1. The highest BCUT2D eigenvalue weighted by atomic mass is 32.2. The lowest BCUT2D eigenvalue weighted by Gasteiger charge is -2.14. The first-order valence-electron chi connectivity index (χ1n) is 11.2. The van der Waals surface area contributed by atoms with Crippen molar-refractivity contribution in [2.24, 2.45) is 0 Å². The molecule has 0 amide bonds. The number of imidazole rings is 1. The Bertz CT molecular complexity index is 1650. The molecule has 0 radical (unpaired) electrons. The largest absolute Gasteiger partial charge is 0.478 e. The third-order valence-corrected chi connectivity index (χ3v) is 7.99. The molecule has 0 aliphatic heterocycles. The van der Waals surface area contributed by atoms with Crippen molar-refractivity contribution in [1.82, 2.24) is 18.4 Å². The van der Waals surface area contributed by atoms with Gasteiger partial charge in [0.1, 0.15) is 0 Å². The number of rotatable bonds is 7. The minimum atomic E-state index is -3.52. The van der Waals surface area contributed by atoms with Crippen LogP contribution in [-0.2, 0) is 16.6 Å². The summed E-state index contributed by atoms with van der Waals surface area (Å²) in [6.45, 7) is 0.438. The van der Waals surface area contributed by atoms with Gasteiger partial charge in [0, 0.05) is 55.3 Å². The molecule has 0 fully saturated rings. The van der Waals surface area contributed by atoms with Crippen molar-refractivity contribution in [3.8, 4) is 16.9 Å². The van der Waals surface area contributed by atoms with E-state index in [9.17, 15) is 18.3 Å². The third-order valence-electron chi connectivity index (χ3n) is 6.16. The highest BCUT2D eigenvalue weighted by Gasteiger charge is 2.18. The van der Waals surface area contributed by atoms with Gasteiger partial charge in [0.25, 0.3) is 0 Å². The second-order valence-corrected chi connectivity index (χ2v) is 10.8. The minimum absolute atomic E-state index is 0.205. The summed E-state index contributed by atoms with van der Waals surface area (Å²) in [6, 6.07) is 21.9. The van der Waals surface area contributed by atoms with Crippen LogP contribution in [0.5, 0.6) is 0 Å². The molecule has 0 unspecified atom stereocenters. The monoisotopic (exact) mass is 500 g/mol. The quantitative estimate of drug-likeness (QED) is 0.355. The zero-order chi connectivity index (χ0) is 25.4. The molecule has 0 saturated carbocycles. The molecule has 0 saturated heterocycles. The van der Waals surface area contributed by atoms with E-state index in [0.29, 0.717) is 6.54 Å². The predicted molar refractivity (Wildman–Crippen MR) is 138 cm³/mol. The van der Waals surface area contributed by atoms with Crippen LogP contribution >= 0.6 is 0 Å². The number of fused-ring (bicyclic) bond motifs is 1. The molecule has 2 aromatic heterocycles. The Kier molecular flexibility index (Phi) is 5.95. The van der Waals surface area contributed by atoms with Crippen LogP contribution in [0.4, 0.5) is 0 Å². The smallest absolute Gasteiger partial charge is 0.335 e. The van der Waals surface area contributed by atoms with Crippen LogP contribution in [0, 0.1) is 0 Å². The molecule has 8 nitrogen and oxygen atoms in total. The molecule has 1 N–H and O–H groups in total. The van der Waals surface area contributed by atoms with Gasteiger partial charge in [0.05, 0.1) is 16.8 Å². The van der Waals surface area contributed by atoms with E-state index in [1.54, 1.807) is 48.9 Å². The summed E-state index contributed by atoms with van der Waals surface area (Å²) in [5.74, 6) is -0.992. The zero-order valence-electron chi connectivity index (χ0n) is 19.7. The average molecular weight is 501 g/mol. The van der Waals surface area contributed by atoms with Gasteiger partial charge in [-0.3, -0.25) is 0 Å². The molecule has 5 aromatic rings. The van der Waals surface area contributed by atoms with Crippen molar-refractivity contribution < 1.29 is 18.3 Å². The second kappa shape index (κ2) is 9.10. The topological polar surface area (TPSA) is 97.4 Å². The van der Waals surface area contributed by atoms with Gasteiger partial charge in [-0.05, 0) is 53.6 Å². The molecule has 36 heavy (non-hydrogen) atoms. The first-order valence-corrected chi connectivity index (χ1v) is 12.6. The van der Waals surface area contributed by atoms with Crippen LogP contribution < -0.4 is 0 Å². The number of carboxylic acids is 1. The number of benzene rings is 3. The summed E-state index contributed by atoms with van der Waals surface area (Å²) in [5, 5.41) is 10.5. The fraction of sp³-hybridized carbons (Fsp3) is 0.111. The lowest BCUT2D eigenvalue weighted by atomic mass is 10.1. The first-order chi connectivity index (χ1) is 17.2. The van der Waals surface area contributed by atoms with Gasteiger partial charge >= 0.3 is 5.97 Å². The Morgan fingerprint density at radius 2 is 1.69 bits per heavy atom. The molecule has 0 aliphatic carbocycles. The van der Waals surface area contributed by atoms with E-state index in [2.05, 4.69) is 9.55 Å². The van der Waals surface area contributed by atoms with E-state index in [4.69, 9.17) is 0 Å². The molecular formula is C27H24N4O4S. The molecule has 0 aliphatic rings. The van der Waals surface area contributed by atoms with Crippen LogP contribution in [0.3, 0.4) is 0 Å². The highest BCUT2D eigenvalue weighted by molar-refractivity contribution is 7.89. The Hall–Kier alpha value is -4.21. The SMILES string of the molecule is CN(C)S(=O)(=O)c1ccc(Cn2c(-c3ccc(-n4ccnc4)cc3)cc3ccc(C(=O)O)cc32)cc1. The van der Waals surface area contributed by atoms with Gasteiger partial charge < -0.3 is 14.2 Å². The number of hydrogen-bond acceptors (Lipinski definition) is 4. The van der Waals surface area contributed by atoms with E-state index >= 15 is 0 Å². The van der Waals surface area contributed by atoms with Crippen molar-refractivity contribution in [2.45, 2.75) is 11.4 Å². The Labute approximate surface area is 208 Å². The predicted octanol–water partition coefficient (Wildman–Crippen LogP) is 4.49. The number of aromatic carboxylic acids is 1. The van der Waals surface area contributed by atoms with Gasteiger partial charge in [-0.25, -0.2) is 22.5 Å². The van der Waals surface area contributed by atoms with E-state index in [1.165, 1.54) is 18.4 Å². The fourth-order valence-corrected chi connectivity index (χ4v) is 5.08. The third kappa shape index (κ3) is 4.30. The summed E-state index contributed by atoms with van der Waals surface area (Å²) in [4.78, 5) is 16.0. The normalized spacial score (nSPS) is 11.9. The maximum atomic E-state index is 12.4. The summed E-state index contributed by atoms with van der Waals surface area (Å²) in [5.41, 5.74) is 4.75. The molecule has 3 aromatic carbocycles. The van der Waals surface area contributed by atoms with Gasteiger partial charge in [0.15, 0.2) is 0 Å². The number of nitrogens with zero attached hydrogens (tertiary/aromatic N) is 4. The zero-order valence-corrected chi connectivity index (χ0v) is 20.6. The summed E-state index contributed by atoms with van der Waals surface area (Å²) in [7, 11) is -0.525. The van der Waals surface area contributed by atoms with Crippen LogP contribution in [0.25, 0.3) is 27.8 Å². The van der Waals surface area contributed by atoms with Crippen molar-refractivity contribution in [3.05, 3.63) is 103 Å². The molecule has 0 spiro atoms. The number of carbonyl (C=O) groups is 1. The molecule has 9 heteroatoms. The standard InChI is InChI=1S/C27H24N4O4S/c1-29(2)36(34,35)24-11-3-19(4-12-24)17-31-25(15-21-5-6-22(27(32)33)16-26(21)31)20-7-9-23(10-8-20)30-14-13-28-18-30/h3-16,18H,17H2,1-2H3,(H,32,33). The summed E-state index contributed by atoms with van der Waals surface area (Å²) >= 11 is 0. The van der Waals surface area contributed by atoms with Crippen LogP contribution in [0.1, 0.15) is 15.9 Å². The van der Waals surface area contributed by atoms with E-state index in [-0.39, 0.29) is 10.5 Å². The van der Waals surface area contributed by atoms with Gasteiger partial charge in [-0.2, -0.15) is 0 Å². The average Bonchev–Trinajstić information content (AvgIpc) is 3.53. The maximum absolute atomic E-state index is 12.4. The minimum Gasteiger partial charge on any atom is -0.478 e. The molecular weight excluding hydrogens is 476 g/mol. The first kappa shape index (κ1) is 23.5. The van der Waals surface area contributed by atoms with Crippen LogP contribution in [0.15, 0.2) is 96.4 Å². The lowest BCUT2D eigenvalue weighted by molar-refractivity contribution is 0.0697. The fourth-order valence-electron chi connectivity index (χ4n) is 4.17. The molecule has 182 valence electrons. The second-order valence-electron chi connectivity index (χ2n) is 8.64. The lowest BCUT2D eigenvalue weighted by Crippen LogP contribution is -2.22. The van der Waals surface area contributed by atoms with Crippen molar-refractivity contribution in [2.75, 3.05) is 14.1 Å². The molecule has 5 rings (SSSR count). The van der Waals surface area contributed by atoms with Crippen molar-refractivity contribution in [1.29, 1.82) is 0 Å². The Morgan fingerprint density at radius 1 is 0.972 bits per heavy atom. The van der Waals surface area contributed by atoms with Crippen LogP contribution in [0.2, 0.25) is 0 Å². The number of sulfonamides is 1. The van der Waals surface area contributed by atoms with Crippen molar-refractivity contribution in [3.63, 3.8) is 0 Å².